The van der Waals surface area contributed by atoms with Crippen LogP contribution in [0.4, 0.5) is 5.69 Å². The fourth-order valence-corrected chi connectivity index (χ4v) is 6.27. The fraction of sp³-hybridized carbons (Fsp3) is 0.167. The predicted octanol–water partition coefficient (Wildman–Crippen LogP) is 5.70. The van der Waals surface area contributed by atoms with Gasteiger partial charge in [0.05, 0.1) is 28.4 Å². The summed E-state index contributed by atoms with van der Waals surface area (Å²) in [6, 6.07) is 21.9. The summed E-state index contributed by atoms with van der Waals surface area (Å²) < 4.78 is 30.2. The number of nitrogens with zero attached hydrogens (tertiary/aromatic N) is 3. The highest BCUT2D eigenvalue weighted by atomic mass is 35.5. The Morgan fingerprint density at radius 1 is 0.976 bits per heavy atom. The summed E-state index contributed by atoms with van der Waals surface area (Å²) in [4.78, 5) is 24.2. The van der Waals surface area contributed by atoms with Gasteiger partial charge in [-0.1, -0.05) is 53.5 Å². The van der Waals surface area contributed by atoms with Crippen molar-refractivity contribution < 1.29 is 18.0 Å². The number of halogens is 2. The lowest BCUT2D eigenvalue weighted by atomic mass is 10.2. The third-order valence-corrected chi connectivity index (χ3v) is 8.69. The summed E-state index contributed by atoms with van der Waals surface area (Å²) in [5.41, 5.74) is 6.84. The number of hydrogen-bond donors (Lipinski definition) is 2. The molecular formula is C30H29Cl2N5O4S. The number of carbonyl (C=O) groups excluding carboxylic acids is 2. The van der Waals surface area contributed by atoms with Gasteiger partial charge in [-0.05, 0) is 67.9 Å². The van der Waals surface area contributed by atoms with Gasteiger partial charge in [-0.2, -0.15) is 9.41 Å². The van der Waals surface area contributed by atoms with Crippen LogP contribution in [0.1, 0.15) is 29.4 Å². The number of nitrogens with one attached hydrogen (secondary N) is 2. The van der Waals surface area contributed by atoms with Crippen molar-refractivity contribution >= 4 is 56.9 Å². The van der Waals surface area contributed by atoms with Gasteiger partial charge in [0, 0.05) is 41.1 Å². The largest absolute Gasteiger partial charge is 0.326 e. The van der Waals surface area contributed by atoms with Gasteiger partial charge in [0.25, 0.3) is 5.91 Å². The highest BCUT2D eigenvalue weighted by molar-refractivity contribution is 7.89. The van der Waals surface area contributed by atoms with Crippen LogP contribution in [-0.4, -0.2) is 41.9 Å². The smallest absolute Gasteiger partial charge is 0.255 e. The Labute approximate surface area is 254 Å². The summed E-state index contributed by atoms with van der Waals surface area (Å²) in [7, 11) is -4.08. The standard InChI is InChI=1S/C30H29Cl2N5O4S/c1-20-15-24(21(2)37(20)29-14-9-25(31)16-28(29)32)17-33-35-30(39)19-36(18-23-7-5-4-6-8-23)42(40,41)27-12-10-26(11-13-27)34-22(3)38/h4-17H,18-19H2,1-3H3,(H,34,38)(H,35,39)/b33-17+. The monoisotopic (exact) mass is 625 g/mol. The molecule has 0 aliphatic carbocycles. The van der Waals surface area contributed by atoms with Gasteiger partial charge >= 0.3 is 0 Å². The SMILES string of the molecule is CC(=O)Nc1ccc(S(=O)(=O)N(CC(=O)N/N=C/c2cc(C)n(-c3ccc(Cl)cc3Cl)c2C)Cc2ccccc2)cc1. The van der Waals surface area contributed by atoms with Crippen LogP contribution < -0.4 is 10.7 Å². The molecule has 42 heavy (non-hydrogen) atoms. The highest BCUT2D eigenvalue weighted by Gasteiger charge is 2.27. The number of hydrogen-bond acceptors (Lipinski definition) is 5. The van der Waals surface area contributed by atoms with Crippen molar-refractivity contribution in [2.24, 2.45) is 5.10 Å². The number of aryl methyl sites for hydroxylation is 1. The van der Waals surface area contributed by atoms with Gasteiger partial charge in [0.1, 0.15) is 0 Å². The Morgan fingerprint density at radius 2 is 1.67 bits per heavy atom. The number of rotatable bonds is 10. The van der Waals surface area contributed by atoms with Crippen molar-refractivity contribution in [3.05, 3.63) is 111 Å². The Bertz CT molecular complexity index is 1740. The molecule has 0 aliphatic rings. The van der Waals surface area contributed by atoms with Crippen molar-refractivity contribution in [3.8, 4) is 5.69 Å². The van der Waals surface area contributed by atoms with E-state index in [0.717, 1.165) is 26.9 Å². The Kier molecular flexibility index (Phi) is 9.85. The number of carbonyl (C=O) groups is 2. The van der Waals surface area contributed by atoms with Gasteiger partial charge in [-0.15, -0.1) is 0 Å². The molecule has 3 aromatic carbocycles. The quantitative estimate of drug-likeness (QED) is 0.174. The third kappa shape index (κ3) is 7.46. The van der Waals surface area contributed by atoms with E-state index in [1.165, 1.54) is 37.4 Å². The van der Waals surface area contributed by atoms with Gasteiger partial charge in [-0.3, -0.25) is 9.59 Å². The van der Waals surface area contributed by atoms with E-state index in [-0.39, 0.29) is 17.3 Å². The summed E-state index contributed by atoms with van der Waals surface area (Å²) in [6.45, 7) is 4.67. The normalized spacial score (nSPS) is 11.7. The first kappa shape index (κ1) is 31.0. The third-order valence-electron chi connectivity index (χ3n) is 6.35. The minimum atomic E-state index is -4.08. The predicted molar refractivity (Wildman–Crippen MR) is 166 cm³/mol. The van der Waals surface area contributed by atoms with E-state index in [4.69, 9.17) is 23.2 Å². The van der Waals surface area contributed by atoms with Crippen molar-refractivity contribution in [1.29, 1.82) is 0 Å². The Balaban J connectivity index is 1.52. The van der Waals surface area contributed by atoms with E-state index in [1.807, 2.05) is 36.6 Å². The molecule has 1 aromatic heterocycles. The van der Waals surface area contributed by atoms with E-state index >= 15 is 0 Å². The molecule has 218 valence electrons. The molecule has 0 atom stereocenters. The van der Waals surface area contributed by atoms with Crippen LogP contribution in [0.3, 0.4) is 0 Å². The van der Waals surface area contributed by atoms with Gasteiger partial charge in [0.2, 0.25) is 15.9 Å². The van der Waals surface area contributed by atoms with E-state index in [0.29, 0.717) is 21.3 Å². The highest BCUT2D eigenvalue weighted by Crippen LogP contribution is 2.28. The molecule has 12 heteroatoms. The molecule has 0 unspecified atom stereocenters. The zero-order valence-electron chi connectivity index (χ0n) is 23.1. The first-order valence-corrected chi connectivity index (χ1v) is 15.0. The van der Waals surface area contributed by atoms with Crippen molar-refractivity contribution in [2.45, 2.75) is 32.2 Å². The molecule has 0 spiro atoms. The van der Waals surface area contributed by atoms with Crippen LogP contribution in [0.5, 0.6) is 0 Å². The van der Waals surface area contributed by atoms with Crippen LogP contribution in [0, 0.1) is 13.8 Å². The Hall–Kier alpha value is -3.96. The minimum absolute atomic E-state index is 0.0165. The number of anilines is 1. The van der Waals surface area contributed by atoms with Crippen LogP contribution >= 0.6 is 23.2 Å². The number of sulfonamides is 1. The lowest BCUT2D eigenvalue weighted by Crippen LogP contribution is -2.39. The van der Waals surface area contributed by atoms with Gasteiger partial charge in [0.15, 0.2) is 0 Å². The second kappa shape index (κ2) is 13.3. The molecule has 0 bridgehead atoms. The second-order valence-electron chi connectivity index (χ2n) is 9.52. The zero-order valence-corrected chi connectivity index (χ0v) is 25.5. The van der Waals surface area contributed by atoms with E-state index in [2.05, 4.69) is 15.8 Å². The number of aromatic nitrogens is 1. The molecule has 0 saturated carbocycles. The van der Waals surface area contributed by atoms with E-state index < -0.39 is 22.5 Å². The molecule has 4 aromatic rings. The number of hydrazone groups is 1. The first-order chi connectivity index (χ1) is 20.0. The van der Waals surface area contributed by atoms with Crippen molar-refractivity contribution in [2.75, 3.05) is 11.9 Å². The van der Waals surface area contributed by atoms with Gasteiger partial charge in [-0.25, -0.2) is 13.8 Å². The average Bonchev–Trinajstić information content (AvgIpc) is 3.21. The molecule has 4 rings (SSSR count). The average molecular weight is 627 g/mol. The van der Waals surface area contributed by atoms with Gasteiger partial charge < -0.3 is 9.88 Å². The van der Waals surface area contributed by atoms with Crippen LogP contribution in [0.15, 0.2) is 88.9 Å². The maximum absolute atomic E-state index is 13.6. The molecule has 0 radical (unpaired) electrons. The molecule has 0 saturated heterocycles. The summed E-state index contributed by atoms with van der Waals surface area (Å²) in [5, 5.41) is 7.71. The summed E-state index contributed by atoms with van der Waals surface area (Å²) in [5.74, 6) is -0.889. The first-order valence-electron chi connectivity index (χ1n) is 12.8. The summed E-state index contributed by atoms with van der Waals surface area (Å²) in [6.07, 6.45) is 1.50. The van der Waals surface area contributed by atoms with Crippen molar-refractivity contribution in [3.63, 3.8) is 0 Å². The second-order valence-corrected chi connectivity index (χ2v) is 12.3. The summed E-state index contributed by atoms with van der Waals surface area (Å²) >= 11 is 12.5. The zero-order chi connectivity index (χ0) is 30.4. The van der Waals surface area contributed by atoms with Crippen molar-refractivity contribution in [1.82, 2.24) is 14.3 Å². The van der Waals surface area contributed by atoms with Crippen LogP contribution in [-0.2, 0) is 26.2 Å². The van der Waals surface area contributed by atoms with E-state index in [1.54, 1.807) is 36.4 Å². The van der Waals surface area contributed by atoms with Crippen LogP contribution in [0.2, 0.25) is 10.0 Å². The molecule has 0 fully saturated rings. The molecule has 2 amide bonds. The molecule has 1 heterocycles. The topological polar surface area (TPSA) is 113 Å². The number of amides is 2. The Morgan fingerprint density at radius 3 is 2.31 bits per heavy atom. The lowest BCUT2D eigenvalue weighted by molar-refractivity contribution is -0.121. The van der Waals surface area contributed by atoms with Crippen LogP contribution in [0.25, 0.3) is 5.69 Å². The fourth-order valence-electron chi connectivity index (χ4n) is 4.40. The maximum atomic E-state index is 13.6. The molecular weight excluding hydrogens is 597 g/mol. The molecule has 2 N–H and O–H groups in total. The molecule has 9 nitrogen and oxygen atoms in total. The molecule has 0 aliphatic heterocycles. The van der Waals surface area contributed by atoms with E-state index in [9.17, 15) is 18.0 Å². The number of benzene rings is 3. The maximum Gasteiger partial charge on any atom is 0.255 e. The minimum Gasteiger partial charge on any atom is -0.326 e. The lowest BCUT2D eigenvalue weighted by Gasteiger charge is -2.21.